The Balaban J connectivity index is 1.57. The first-order valence-electron chi connectivity index (χ1n) is 11.0. The smallest absolute Gasteiger partial charge is 0.337 e. The first-order valence-corrected chi connectivity index (χ1v) is 13.3. The Kier molecular flexibility index (Phi) is 8.94. The fourth-order valence-corrected chi connectivity index (χ4v) is 4.93. The Labute approximate surface area is 212 Å². The average molecular weight is 553 g/mol. The molecular weight excluding hydrogens is 528 g/mol. The van der Waals surface area contributed by atoms with Gasteiger partial charge in [-0.1, -0.05) is 30.3 Å². The van der Waals surface area contributed by atoms with E-state index >= 15 is 0 Å². The summed E-state index contributed by atoms with van der Waals surface area (Å²) in [7, 11) is -5.53. The second-order valence-corrected chi connectivity index (χ2v) is 10.1. The monoisotopic (exact) mass is 553 g/mol. The lowest BCUT2D eigenvalue weighted by molar-refractivity contribution is -0.0530. The molecule has 1 aromatic carbocycles. The van der Waals surface area contributed by atoms with Crippen LogP contribution in [0.1, 0.15) is 17.6 Å². The minimum absolute atomic E-state index is 0.143. The number of aliphatic hydroxyl groups excluding tert-OH is 2. The van der Waals surface area contributed by atoms with E-state index in [1.54, 1.807) is 13.0 Å². The van der Waals surface area contributed by atoms with Crippen LogP contribution in [0.4, 0.5) is 0 Å². The quantitative estimate of drug-likeness (QED) is 0.233. The fraction of sp³-hybridized carbons (Fsp3) is 0.318. The number of nitrogens with zero attached hydrogens (tertiary/aromatic N) is 3. The van der Waals surface area contributed by atoms with Gasteiger partial charge in [-0.3, -0.25) is 18.9 Å². The SMILES string of the molecule is Cc1cc(-c2ccccc2)cc(Cn2c(=O)ccn(C3OC(COP(O)OP(O)O)C(O)C3O)c2=O)n1. The van der Waals surface area contributed by atoms with Gasteiger partial charge in [-0.2, -0.15) is 0 Å². The molecule has 1 aliphatic rings. The number of hydrogen-bond donors (Lipinski definition) is 5. The molecule has 3 aromatic rings. The van der Waals surface area contributed by atoms with Crippen molar-refractivity contribution in [3.63, 3.8) is 0 Å². The molecular formula is C22H25N3O10P2. The van der Waals surface area contributed by atoms with Gasteiger partial charge in [-0.05, 0) is 30.2 Å². The molecule has 5 unspecified atom stereocenters. The molecule has 4 rings (SSSR count). The Morgan fingerprint density at radius 3 is 2.46 bits per heavy atom. The minimum atomic E-state index is -2.86. The Bertz CT molecular complexity index is 1340. The van der Waals surface area contributed by atoms with Crippen LogP contribution in [0.15, 0.2) is 64.3 Å². The van der Waals surface area contributed by atoms with Gasteiger partial charge in [0.25, 0.3) is 5.56 Å². The van der Waals surface area contributed by atoms with Crippen LogP contribution in [0.2, 0.25) is 0 Å². The van der Waals surface area contributed by atoms with Gasteiger partial charge in [0, 0.05) is 18.0 Å². The highest BCUT2D eigenvalue weighted by molar-refractivity contribution is 7.54. The highest BCUT2D eigenvalue weighted by Gasteiger charge is 2.44. The molecule has 0 spiro atoms. The van der Waals surface area contributed by atoms with Crippen molar-refractivity contribution >= 4 is 17.2 Å². The largest absolute Gasteiger partial charge is 0.387 e. The summed E-state index contributed by atoms with van der Waals surface area (Å²) in [6.45, 7) is 1.18. The third-order valence-electron chi connectivity index (χ3n) is 5.63. The molecule has 5 N–H and O–H groups in total. The molecule has 0 bridgehead atoms. The maximum atomic E-state index is 13.3. The predicted octanol–water partition coefficient (Wildman–Crippen LogP) is 0.512. The number of pyridine rings is 1. The molecule has 0 aliphatic carbocycles. The van der Waals surface area contributed by atoms with Crippen molar-refractivity contribution in [2.24, 2.45) is 0 Å². The molecule has 3 heterocycles. The van der Waals surface area contributed by atoms with E-state index in [9.17, 15) is 24.7 Å². The van der Waals surface area contributed by atoms with Crippen LogP contribution in [0.25, 0.3) is 11.1 Å². The van der Waals surface area contributed by atoms with Crippen LogP contribution in [0.3, 0.4) is 0 Å². The van der Waals surface area contributed by atoms with Crippen molar-refractivity contribution in [2.75, 3.05) is 6.61 Å². The van der Waals surface area contributed by atoms with E-state index in [2.05, 4.69) is 9.29 Å². The lowest BCUT2D eigenvalue weighted by Crippen LogP contribution is -2.43. The summed E-state index contributed by atoms with van der Waals surface area (Å²) in [4.78, 5) is 57.3. The van der Waals surface area contributed by atoms with Gasteiger partial charge in [-0.15, -0.1) is 0 Å². The van der Waals surface area contributed by atoms with Crippen LogP contribution in [0.5, 0.6) is 0 Å². The van der Waals surface area contributed by atoms with Crippen molar-refractivity contribution in [1.82, 2.24) is 14.1 Å². The normalized spacial score (nSPS) is 22.5. The van der Waals surface area contributed by atoms with Gasteiger partial charge in [0.1, 0.15) is 18.3 Å². The van der Waals surface area contributed by atoms with Gasteiger partial charge in [-0.25, -0.2) is 9.11 Å². The number of aromatic nitrogens is 3. The van der Waals surface area contributed by atoms with Gasteiger partial charge in [0.05, 0.1) is 18.8 Å². The van der Waals surface area contributed by atoms with Gasteiger partial charge < -0.3 is 34.2 Å². The first-order chi connectivity index (χ1) is 17.6. The Morgan fingerprint density at radius 1 is 1.03 bits per heavy atom. The number of aryl methyl sites for hydroxylation is 1. The van der Waals surface area contributed by atoms with E-state index in [0.29, 0.717) is 11.4 Å². The predicted molar refractivity (Wildman–Crippen MR) is 132 cm³/mol. The Morgan fingerprint density at radius 2 is 1.76 bits per heavy atom. The average Bonchev–Trinajstić information content (AvgIpc) is 3.13. The molecule has 5 atom stereocenters. The molecule has 0 radical (unpaired) electrons. The second kappa shape index (κ2) is 12.0. The summed E-state index contributed by atoms with van der Waals surface area (Å²) in [6.07, 6.45) is -4.50. The van der Waals surface area contributed by atoms with Gasteiger partial charge >= 0.3 is 22.9 Å². The molecule has 0 amide bonds. The number of ether oxygens (including phenoxy) is 1. The molecule has 198 valence electrons. The third-order valence-corrected chi connectivity index (χ3v) is 7.15. The summed E-state index contributed by atoms with van der Waals surface area (Å²) in [5, 5.41) is 20.9. The topological polar surface area (TPSA) is 186 Å². The van der Waals surface area contributed by atoms with E-state index < -0.39 is 59.6 Å². The second-order valence-electron chi connectivity index (χ2n) is 8.20. The molecule has 37 heavy (non-hydrogen) atoms. The van der Waals surface area contributed by atoms with Gasteiger partial charge in [0.2, 0.25) is 0 Å². The number of aliphatic hydroxyl groups is 2. The lowest BCUT2D eigenvalue weighted by Gasteiger charge is -2.19. The van der Waals surface area contributed by atoms with Crippen molar-refractivity contribution in [1.29, 1.82) is 0 Å². The van der Waals surface area contributed by atoms with E-state index in [0.717, 1.165) is 32.5 Å². The molecule has 1 saturated heterocycles. The number of benzene rings is 1. The van der Waals surface area contributed by atoms with Crippen molar-refractivity contribution in [2.45, 2.75) is 38.0 Å². The summed E-state index contributed by atoms with van der Waals surface area (Å²) in [6, 6.07) is 14.4. The fourth-order valence-electron chi connectivity index (χ4n) is 3.97. The number of rotatable bonds is 9. The zero-order valence-corrected chi connectivity index (χ0v) is 21.2. The highest BCUT2D eigenvalue weighted by atomic mass is 31.2. The summed E-state index contributed by atoms with van der Waals surface area (Å²) >= 11 is 0. The van der Waals surface area contributed by atoms with Gasteiger partial charge in [0.15, 0.2) is 6.23 Å². The maximum absolute atomic E-state index is 13.3. The molecule has 13 nitrogen and oxygen atoms in total. The summed E-state index contributed by atoms with van der Waals surface area (Å²) in [5.74, 6) is 0. The van der Waals surface area contributed by atoms with Crippen molar-refractivity contribution in [3.8, 4) is 11.1 Å². The standard InChI is InChI=1S/C22H25N3O10P2/c1-13-9-15(14-5-3-2-4-6-14)10-16(23-13)11-25-18(26)7-8-24(22(25)29)21-20(28)19(27)17(34-21)12-33-37(32)35-36(30)31/h2-10,17,19-21,27-28,30-32H,11-12H2,1H3. The lowest BCUT2D eigenvalue weighted by atomic mass is 10.0. The van der Waals surface area contributed by atoms with E-state index in [1.807, 2.05) is 36.4 Å². The van der Waals surface area contributed by atoms with E-state index in [4.69, 9.17) is 19.0 Å². The van der Waals surface area contributed by atoms with E-state index in [1.165, 1.54) is 0 Å². The molecule has 1 aliphatic heterocycles. The van der Waals surface area contributed by atoms with Crippen LogP contribution >= 0.6 is 17.2 Å². The van der Waals surface area contributed by atoms with Crippen LogP contribution < -0.4 is 11.2 Å². The first kappa shape index (κ1) is 27.6. The molecule has 2 aromatic heterocycles. The van der Waals surface area contributed by atoms with Crippen LogP contribution in [-0.4, -0.2) is 63.9 Å². The highest BCUT2D eigenvalue weighted by Crippen LogP contribution is 2.46. The minimum Gasteiger partial charge on any atom is -0.387 e. The van der Waals surface area contributed by atoms with Crippen LogP contribution in [0, 0.1) is 6.92 Å². The summed E-state index contributed by atoms with van der Waals surface area (Å²) < 4.78 is 16.7. The zero-order chi connectivity index (χ0) is 26.7. The van der Waals surface area contributed by atoms with Crippen LogP contribution in [-0.2, 0) is 20.1 Å². The summed E-state index contributed by atoms with van der Waals surface area (Å²) in [5.41, 5.74) is 1.60. The maximum Gasteiger partial charge on any atom is 0.337 e. The molecule has 0 saturated carbocycles. The Hall–Kier alpha value is -2.41. The van der Waals surface area contributed by atoms with E-state index in [-0.39, 0.29) is 6.54 Å². The van der Waals surface area contributed by atoms with Crippen molar-refractivity contribution in [3.05, 3.63) is 87.0 Å². The third kappa shape index (κ3) is 6.54. The molecule has 15 heteroatoms. The zero-order valence-electron chi connectivity index (χ0n) is 19.4. The van der Waals surface area contributed by atoms with Crippen molar-refractivity contribution < 1.29 is 38.5 Å². The number of hydrogen-bond acceptors (Lipinski definition) is 11. The molecule has 1 fully saturated rings.